The van der Waals surface area contributed by atoms with Crippen LogP contribution in [0.2, 0.25) is 0 Å². The first-order valence-corrected chi connectivity index (χ1v) is 8.87. The summed E-state index contributed by atoms with van der Waals surface area (Å²) in [6.07, 6.45) is 1.43. The molecule has 6 nitrogen and oxygen atoms in total. The molecule has 2 aromatic rings. The molecule has 2 N–H and O–H groups in total. The van der Waals surface area contributed by atoms with Gasteiger partial charge < -0.3 is 20.1 Å². The summed E-state index contributed by atoms with van der Waals surface area (Å²) in [6.45, 7) is 5.83. The van der Waals surface area contributed by atoms with E-state index in [1.165, 1.54) is 6.20 Å². The fraction of sp³-hybridized carbons (Fsp3) is 0.273. The Labute approximate surface area is 165 Å². The molecule has 0 bridgehead atoms. The highest BCUT2D eigenvalue weighted by atomic mass is 16.5. The predicted molar refractivity (Wildman–Crippen MR) is 109 cm³/mol. The highest BCUT2D eigenvalue weighted by Gasteiger charge is 2.16. The van der Waals surface area contributed by atoms with Crippen LogP contribution in [-0.2, 0) is 4.79 Å². The highest BCUT2D eigenvalue weighted by molar-refractivity contribution is 5.97. The summed E-state index contributed by atoms with van der Waals surface area (Å²) in [5.41, 5.74) is 3.88. The molecule has 2 rings (SSSR count). The normalized spacial score (nSPS) is 11.9. The lowest BCUT2D eigenvalue weighted by atomic mass is 10.1. The van der Waals surface area contributed by atoms with Crippen molar-refractivity contribution in [2.45, 2.75) is 26.8 Å². The van der Waals surface area contributed by atoms with Crippen LogP contribution in [0, 0.1) is 25.2 Å². The van der Waals surface area contributed by atoms with Crippen LogP contribution in [0.4, 0.5) is 5.69 Å². The maximum Gasteiger partial charge on any atom is 0.263 e. The summed E-state index contributed by atoms with van der Waals surface area (Å²) in [6, 6.07) is 12.9. The number of carbonyl (C=O) groups excluding carboxylic acids is 1. The quantitative estimate of drug-likeness (QED) is 0.561. The standard InChI is InChI=1S/C22H25N3O3/c1-14-7-6-8-19(15(14)2)24-13-18(12-23)22(26)25-16(3)17-9-10-20(27-4)21(11-17)28-5/h6-11,13,16,24H,1-5H3,(H,25,26)/b18-13-. The van der Waals surface area contributed by atoms with Crippen LogP contribution in [0.5, 0.6) is 11.5 Å². The van der Waals surface area contributed by atoms with Gasteiger partial charge in [0, 0.05) is 11.9 Å². The average molecular weight is 379 g/mol. The lowest BCUT2D eigenvalue weighted by molar-refractivity contribution is -0.117. The molecule has 0 aliphatic rings. The molecule has 0 aliphatic carbocycles. The fourth-order valence-electron chi connectivity index (χ4n) is 2.69. The second kappa shape index (κ2) is 9.47. The van der Waals surface area contributed by atoms with Crippen molar-refractivity contribution in [1.82, 2.24) is 5.32 Å². The molecule has 0 aromatic heterocycles. The van der Waals surface area contributed by atoms with Gasteiger partial charge in [-0.2, -0.15) is 5.26 Å². The number of hydrogen-bond donors (Lipinski definition) is 2. The SMILES string of the molecule is COc1ccc(C(C)NC(=O)/C(C#N)=C\Nc2cccc(C)c2C)cc1OC. The van der Waals surface area contributed by atoms with E-state index in [4.69, 9.17) is 9.47 Å². The lowest BCUT2D eigenvalue weighted by Gasteiger charge is -2.16. The molecule has 0 aliphatic heterocycles. The molecule has 0 spiro atoms. The Kier molecular flexibility index (Phi) is 7.05. The van der Waals surface area contributed by atoms with Gasteiger partial charge >= 0.3 is 0 Å². The van der Waals surface area contributed by atoms with E-state index in [0.29, 0.717) is 11.5 Å². The molecular weight excluding hydrogens is 354 g/mol. The van der Waals surface area contributed by atoms with Crippen molar-refractivity contribution in [2.75, 3.05) is 19.5 Å². The van der Waals surface area contributed by atoms with Gasteiger partial charge in [0.05, 0.1) is 20.3 Å². The molecule has 0 saturated heterocycles. The number of ether oxygens (including phenoxy) is 2. The van der Waals surface area contributed by atoms with Gasteiger partial charge in [-0.15, -0.1) is 0 Å². The van der Waals surface area contributed by atoms with Crippen molar-refractivity contribution in [3.8, 4) is 17.6 Å². The van der Waals surface area contributed by atoms with Crippen molar-refractivity contribution in [3.63, 3.8) is 0 Å². The number of aryl methyl sites for hydroxylation is 1. The molecule has 28 heavy (non-hydrogen) atoms. The molecule has 0 fully saturated rings. The minimum atomic E-state index is -0.456. The Morgan fingerprint density at radius 2 is 1.86 bits per heavy atom. The fourth-order valence-corrected chi connectivity index (χ4v) is 2.69. The van der Waals surface area contributed by atoms with Crippen molar-refractivity contribution in [2.24, 2.45) is 0 Å². The van der Waals surface area contributed by atoms with Crippen LogP contribution in [0.25, 0.3) is 0 Å². The van der Waals surface area contributed by atoms with E-state index in [1.807, 2.05) is 51.1 Å². The summed E-state index contributed by atoms with van der Waals surface area (Å²) in [4.78, 5) is 12.5. The van der Waals surface area contributed by atoms with E-state index < -0.39 is 5.91 Å². The Morgan fingerprint density at radius 3 is 2.50 bits per heavy atom. The number of nitrogens with zero attached hydrogens (tertiary/aromatic N) is 1. The van der Waals surface area contributed by atoms with E-state index in [9.17, 15) is 10.1 Å². The van der Waals surface area contributed by atoms with E-state index in [0.717, 1.165) is 22.4 Å². The first-order chi connectivity index (χ1) is 13.4. The zero-order valence-corrected chi connectivity index (χ0v) is 16.8. The minimum absolute atomic E-state index is 0.00627. The van der Waals surface area contributed by atoms with Gasteiger partial charge in [0.2, 0.25) is 0 Å². The zero-order chi connectivity index (χ0) is 20.7. The van der Waals surface area contributed by atoms with Gasteiger partial charge in [-0.1, -0.05) is 18.2 Å². The topological polar surface area (TPSA) is 83.4 Å². The third kappa shape index (κ3) is 4.83. The van der Waals surface area contributed by atoms with Crippen LogP contribution in [0.1, 0.15) is 29.7 Å². The van der Waals surface area contributed by atoms with Crippen molar-refractivity contribution >= 4 is 11.6 Å². The average Bonchev–Trinajstić information content (AvgIpc) is 2.70. The molecule has 6 heteroatoms. The highest BCUT2D eigenvalue weighted by Crippen LogP contribution is 2.30. The number of carbonyl (C=O) groups is 1. The molecule has 1 amide bonds. The molecular formula is C22H25N3O3. The second-order valence-corrected chi connectivity index (χ2v) is 6.37. The second-order valence-electron chi connectivity index (χ2n) is 6.37. The minimum Gasteiger partial charge on any atom is -0.493 e. The van der Waals surface area contributed by atoms with Crippen molar-refractivity contribution in [1.29, 1.82) is 5.26 Å². The monoisotopic (exact) mass is 379 g/mol. The summed E-state index contributed by atoms with van der Waals surface area (Å²) in [7, 11) is 3.12. The summed E-state index contributed by atoms with van der Waals surface area (Å²) in [5, 5.41) is 15.3. The molecule has 0 saturated carbocycles. The first kappa shape index (κ1) is 20.8. The molecule has 0 radical (unpaired) electrons. The van der Waals surface area contributed by atoms with Crippen LogP contribution in [0.3, 0.4) is 0 Å². The van der Waals surface area contributed by atoms with Gasteiger partial charge in [-0.3, -0.25) is 4.79 Å². The smallest absolute Gasteiger partial charge is 0.263 e. The molecule has 1 unspecified atom stereocenters. The Morgan fingerprint density at radius 1 is 1.14 bits per heavy atom. The van der Waals surface area contributed by atoms with Crippen LogP contribution >= 0.6 is 0 Å². The summed E-state index contributed by atoms with van der Waals surface area (Å²) >= 11 is 0. The van der Waals surface area contributed by atoms with Crippen molar-refractivity contribution < 1.29 is 14.3 Å². The molecule has 0 heterocycles. The third-order valence-corrected chi connectivity index (χ3v) is 4.60. The number of benzene rings is 2. The number of hydrogen-bond acceptors (Lipinski definition) is 5. The number of nitrogens with one attached hydrogen (secondary N) is 2. The van der Waals surface area contributed by atoms with Gasteiger partial charge in [0.1, 0.15) is 11.6 Å². The van der Waals surface area contributed by atoms with Crippen LogP contribution in [0.15, 0.2) is 48.2 Å². The lowest BCUT2D eigenvalue weighted by Crippen LogP contribution is -2.28. The van der Waals surface area contributed by atoms with Crippen molar-refractivity contribution in [3.05, 3.63) is 64.9 Å². The molecule has 2 aromatic carbocycles. The molecule has 146 valence electrons. The maximum atomic E-state index is 12.5. The van der Waals surface area contributed by atoms with E-state index >= 15 is 0 Å². The first-order valence-electron chi connectivity index (χ1n) is 8.87. The largest absolute Gasteiger partial charge is 0.493 e. The summed E-state index contributed by atoms with van der Waals surface area (Å²) < 4.78 is 10.5. The maximum absolute atomic E-state index is 12.5. The Balaban J connectivity index is 2.13. The number of nitriles is 1. The van der Waals surface area contributed by atoms with E-state index in [-0.39, 0.29) is 11.6 Å². The third-order valence-electron chi connectivity index (χ3n) is 4.60. The number of methoxy groups -OCH3 is 2. The van der Waals surface area contributed by atoms with E-state index in [2.05, 4.69) is 10.6 Å². The number of amides is 1. The van der Waals surface area contributed by atoms with Gasteiger partial charge in [-0.25, -0.2) is 0 Å². The van der Waals surface area contributed by atoms with Gasteiger partial charge in [0.25, 0.3) is 5.91 Å². The van der Waals surface area contributed by atoms with Crippen LogP contribution < -0.4 is 20.1 Å². The van der Waals surface area contributed by atoms with Gasteiger partial charge in [-0.05, 0) is 55.7 Å². The predicted octanol–water partition coefficient (Wildman–Crippen LogP) is 4.02. The Hall–Kier alpha value is -3.46. The zero-order valence-electron chi connectivity index (χ0n) is 16.8. The number of rotatable bonds is 7. The van der Waals surface area contributed by atoms with Gasteiger partial charge in [0.15, 0.2) is 11.5 Å². The molecule has 1 atom stereocenters. The summed E-state index contributed by atoms with van der Waals surface area (Å²) in [5.74, 6) is 0.733. The number of anilines is 1. The van der Waals surface area contributed by atoms with E-state index in [1.54, 1.807) is 26.4 Å². The Bertz CT molecular complexity index is 929. The van der Waals surface area contributed by atoms with Crippen LogP contribution in [-0.4, -0.2) is 20.1 Å².